The summed E-state index contributed by atoms with van der Waals surface area (Å²) in [7, 11) is 4.61. The van der Waals surface area contributed by atoms with E-state index >= 15 is 0 Å². The molecule has 0 saturated heterocycles. The van der Waals surface area contributed by atoms with E-state index < -0.39 is 0 Å². The van der Waals surface area contributed by atoms with Gasteiger partial charge in [0.15, 0.2) is 11.5 Å². The molecule has 0 radical (unpaired) electrons. The van der Waals surface area contributed by atoms with Crippen molar-refractivity contribution in [3.05, 3.63) is 42.2 Å². The quantitative estimate of drug-likeness (QED) is 0.766. The summed E-state index contributed by atoms with van der Waals surface area (Å²) in [4.78, 5) is 11.9. The molecule has 0 fully saturated rings. The first-order valence-corrected chi connectivity index (χ1v) is 7.66. The molecule has 0 spiro atoms. The number of ether oxygens (including phenoxy) is 3. The summed E-state index contributed by atoms with van der Waals surface area (Å²) in [6.45, 7) is 0.408. The van der Waals surface area contributed by atoms with Crippen LogP contribution in [0.3, 0.4) is 0 Å². The number of rotatable bonds is 8. The van der Waals surface area contributed by atoms with Gasteiger partial charge in [-0.2, -0.15) is 0 Å². The summed E-state index contributed by atoms with van der Waals surface area (Å²) in [6.07, 6.45) is 0.244. The lowest BCUT2D eigenvalue weighted by Gasteiger charge is -2.15. The number of carbonyl (C=O) groups excluding carboxylic acids is 1. The van der Waals surface area contributed by atoms with Crippen molar-refractivity contribution >= 4 is 17.3 Å². The largest absolute Gasteiger partial charge is 0.493 e. The van der Waals surface area contributed by atoms with Crippen molar-refractivity contribution in [2.75, 3.05) is 38.5 Å². The van der Waals surface area contributed by atoms with Gasteiger partial charge in [-0.25, -0.2) is 4.39 Å². The van der Waals surface area contributed by atoms with Crippen LogP contribution in [0.2, 0.25) is 0 Å². The molecule has 2 rings (SSSR count). The summed E-state index contributed by atoms with van der Waals surface area (Å²) in [5, 5.41) is 5.84. The molecule has 0 atom stereocenters. The Kier molecular flexibility index (Phi) is 6.45. The van der Waals surface area contributed by atoms with Crippen LogP contribution in [0.5, 0.6) is 17.2 Å². The average molecular weight is 348 g/mol. The van der Waals surface area contributed by atoms with Crippen molar-refractivity contribution in [1.29, 1.82) is 0 Å². The molecule has 2 aromatic carbocycles. The van der Waals surface area contributed by atoms with Crippen molar-refractivity contribution in [1.82, 2.24) is 0 Å². The summed E-state index contributed by atoms with van der Waals surface area (Å²) in [6, 6.07) is 9.14. The van der Waals surface area contributed by atoms with Gasteiger partial charge in [-0.05, 0) is 24.3 Å². The van der Waals surface area contributed by atoms with Gasteiger partial charge in [0, 0.05) is 36.5 Å². The normalized spacial score (nSPS) is 10.1. The van der Waals surface area contributed by atoms with Crippen molar-refractivity contribution in [3.63, 3.8) is 0 Å². The maximum Gasteiger partial charge on any atom is 0.226 e. The third-order valence-corrected chi connectivity index (χ3v) is 3.47. The number of anilines is 2. The number of hydrogen-bond acceptors (Lipinski definition) is 5. The topological polar surface area (TPSA) is 68.8 Å². The highest BCUT2D eigenvalue weighted by molar-refractivity contribution is 5.90. The van der Waals surface area contributed by atoms with E-state index in [2.05, 4.69) is 10.6 Å². The van der Waals surface area contributed by atoms with Gasteiger partial charge in [0.25, 0.3) is 0 Å². The van der Waals surface area contributed by atoms with Gasteiger partial charge < -0.3 is 24.8 Å². The summed E-state index contributed by atoms with van der Waals surface area (Å²) >= 11 is 0. The molecule has 0 saturated carbocycles. The predicted octanol–water partition coefficient (Wildman–Crippen LogP) is 3.29. The Hall–Kier alpha value is -2.96. The van der Waals surface area contributed by atoms with Gasteiger partial charge in [0.05, 0.1) is 21.3 Å². The van der Waals surface area contributed by atoms with E-state index in [9.17, 15) is 9.18 Å². The van der Waals surface area contributed by atoms with E-state index in [0.29, 0.717) is 29.5 Å². The lowest BCUT2D eigenvalue weighted by Crippen LogP contribution is -2.16. The average Bonchev–Trinajstić information content (AvgIpc) is 2.62. The van der Waals surface area contributed by atoms with E-state index in [0.717, 1.165) is 5.69 Å². The first-order chi connectivity index (χ1) is 12.1. The number of hydrogen-bond donors (Lipinski definition) is 2. The van der Waals surface area contributed by atoms with Crippen molar-refractivity contribution in [2.24, 2.45) is 0 Å². The van der Waals surface area contributed by atoms with Crippen LogP contribution in [0, 0.1) is 5.82 Å². The number of amides is 1. The SMILES string of the molecule is COc1cc(NCCC(=O)Nc2ccc(F)cc2)cc(OC)c1OC. The second kappa shape index (κ2) is 8.77. The zero-order valence-corrected chi connectivity index (χ0v) is 14.4. The van der Waals surface area contributed by atoms with Crippen molar-refractivity contribution in [3.8, 4) is 17.2 Å². The van der Waals surface area contributed by atoms with Crippen LogP contribution >= 0.6 is 0 Å². The Morgan fingerprint density at radius 1 is 0.960 bits per heavy atom. The van der Waals surface area contributed by atoms with Gasteiger partial charge in [-0.15, -0.1) is 0 Å². The van der Waals surface area contributed by atoms with Gasteiger partial charge in [0.2, 0.25) is 11.7 Å². The number of methoxy groups -OCH3 is 3. The molecule has 0 aliphatic rings. The maximum atomic E-state index is 12.8. The highest BCUT2D eigenvalue weighted by Crippen LogP contribution is 2.39. The van der Waals surface area contributed by atoms with Crippen LogP contribution in [-0.2, 0) is 4.79 Å². The highest BCUT2D eigenvalue weighted by Gasteiger charge is 2.13. The summed E-state index contributed by atoms with van der Waals surface area (Å²) in [5.74, 6) is 1.04. The van der Waals surface area contributed by atoms with Crippen LogP contribution in [0.25, 0.3) is 0 Å². The van der Waals surface area contributed by atoms with E-state index in [4.69, 9.17) is 14.2 Å². The third kappa shape index (κ3) is 5.00. The minimum atomic E-state index is -0.345. The molecule has 0 aromatic heterocycles. The molecule has 0 bridgehead atoms. The van der Waals surface area contributed by atoms with Crippen LogP contribution in [0.1, 0.15) is 6.42 Å². The fraction of sp³-hybridized carbons (Fsp3) is 0.278. The van der Waals surface area contributed by atoms with E-state index in [-0.39, 0.29) is 18.1 Å². The molecule has 134 valence electrons. The Morgan fingerprint density at radius 3 is 2.08 bits per heavy atom. The molecular weight excluding hydrogens is 327 g/mol. The fourth-order valence-electron chi connectivity index (χ4n) is 2.26. The molecule has 2 N–H and O–H groups in total. The standard InChI is InChI=1S/C18H21FN2O4/c1-23-15-10-14(11-16(24-2)18(15)25-3)20-9-8-17(22)21-13-6-4-12(19)5-7-13/h4-7,10-11,20H,8-9H2,1-3H3,(H,21,22). The molecule has 25 heavy (non-hydrogen) atoms. The van der Waals surface area contributed by atoms with Crippen LogP contribution in [0.4, 0.5) is 15.8 Å². The van der Waals surface area contributed by atoms with Crippen molar-refractivity contribution < 1.29 is 23.4 Å². The van der Waals surface area contributed by atoms with E-state index in [1.807, 2.05) is 0 Å². The maximum absolute atomic E-state index is 12.8. The van der Waals surface area contributed by atoms with Gasteiger partial charge >= 0.3 is 0 Å². The first kappa shape index (κ1) is 18.4. The Labute approximate surface area is 145 Å². The molecule has 7 heteroatoms. The summed E-state index contributed by atoms with van der Waals surface area (Å²) in [5.41, 5.74) is 1.29. The number of benzene rings is 2. The molecule has 0 unspecified atom stereocenters. The Morgan fingerprint density at radius 2 is 1.56 bits per heavy atom. The molecular formula is C18H21FN2O4. The van der Waals surface area contributed by atoms with Gasteiger partial charge in [-0.3, -0.25) is 4.79 Å². The number of carbonyl (C=O) groups is 1. The third-order valence-electron chi connectivity index (χ3n) is 3.47. The molecule has 0 aliphatic heterocycles. The van der Waals surface area contributed by atoms with Gasteiger partial charge in [-0.1, -0.05) is 0 Å². The molecule has 6 nitrogen and oxygen atoms in total. The fourth-order valence-corrected chi connectivity index (χ4v) is 2.26. The molecule has 0 aliphatic carbocycles. The lowest BCUT2D eigenvalue weighted by molar-refractivity contribution is -0.115. The lowest BCUT2D eigenvalue weighted by atomic mass is 10.2. The minimum absolute atomic E-state index is 0.174. The van der Waals surface area contributed by atoms with Crippen molar-refractivity contribution in [2.45, 2.75) is 6.42 Å². The zero-order chi connectivity index (χ0) is 18.2. The second-order valence-electron chi connectivity index (χ2n) is 5.15. The first-order valence-electron chi connectivity index (χ1n) is 7.66. The summed E-state index contributed by atoms with van der Waals surface area (Å²) < 4.78 is 28.7. The molecule has 1 amide bonds. The molecule has 0 heterocycles. The van der Waals surface area contributed by atoms with Gasteiger partial charge in [0.1, 0.15) is 5.82 Å². The Balaban J connectivity index is 1.92. The van der Waals surface area contributed by atoms with Crippen LogP contribution in [0.15, 0.2) is 36.4 Å². The van der Waals surface area contributed by atoms with Crippen LogP contribution < -0.4 is 24.8 Å². The molecule has 2 aromatic rings. The second-order valence-corrected chi connectivity index (χ2v) is 5.15. The predicted molar refractivity (Wildman–Crippen MR) is 94.2 cm³/mol. The van der Waals surface area contributed by atoms with E-state index in [1.54, 1.807) is 12.1 Å². The monoisotopic (exact) mass is 348 g/mol. The number of nitrogens with one attached hydrogen (secondary N) is 2. The Bertz CT molecular complexity index is 695. The zero-order valence-electron chi connectivity index (χ0n) is 14.4. The number of halogens is 1. The highest BCUT2D eigenvalue weighted by atomic mass is 19.1. The van der Waals surface area contributed by atoms with Crippen LogP contribution in [-0.4, -0.2) is 33.8 Å². The smallest absolute Gasteiger partial charge is 0.226 e. The minimum Gasteiger partial charge on any atom is -0.493 e. The van der Waals surface area contributed by atoms with E-state index in [1.165, 1.54) is 45.6 Å².